The van der Waals surface area contributed by atoms with E-state index in [0.717, 1.165) is 12.5 Å². The first-order valence-electron chi connectivity index (χ1n) is 7.02. The molecule has 0 aromatic rings. The molecule has 2 unspecified atom stereocenters. The van der Waals surface area contributed by atoms with Gasteiger partial charge < -0.3 is 10.2 Å². The average Bonchev–Trinajstić information content (AvgIpc) is 2.28. The largest absolute Gasteiger partial charge is 0.315 e. The fourth-order valence-corrected chi connectivity index (χ4v) is 1.77. The smallest absolute Gasteiger partial charge is 0.0189 e. The number of rotatable bonds is 10. The summed E-state index contributed by atoms with van der Waals surface area (Å²) in [4.78, 5) is 2.47. The van der Waals surface area contributed by atoms with E-state index in [1.807, 2.05) is 0 Å². The number of nitrogens with zero attached hydrogens (tertiary/aromatic N) is 1. The van der Waals surface area contributed by atoms with Gasteiger partial charge in [-0.2, -0.15) is 0 Å². The lowest BCUT2D eigenvalue weighted by atomic mass is 10.1. The third-order valence-electron chi connectivity index (χ3n) is 3.45. The Kier molecular flexibility index (Phi) is 10.0. The molecular weight excluding hydrogens is 196 g/mol. The third-order valence-corrected chi connectivity index (χ3v) is 3.45. The molecule has 0 aromatic heterocycles. The van der Waals surface area contributed by atoms with Gasteiger partial charge in [0.1, 0.15) is 0 Å². The first-order valence-corrected chi connectivity index (χ1v) is 7.02. The second-order valence-electron chi connectivity index (χ2n) is 5.21. The van der Waals surface area contributed by atoms with Crippen molar-refractivity contribution in [1.29, 1.82) is 0 Å². The van der Waals surface area contributed by atoms with Crippen LogP contribution in [0.25, 0.3) is 0 Å². The predicted molar refractivity (Wildman–Crippen MR) is 73.9 cm³/mol. The zero-order chi connectivity index (χ0) is 12.4. The monoisotopic (exact) mass is 228 g/mol. The van der Waals surface area contributed by atoms with Crippen LogP contribution in [0.2, 0.25) is 0 Å². The SMILES string of the molecule is CCCCCNCC(C)N(C)CC(C)CC. The molecule has 0 heterocycles. The van der Waals surface area contributed by atoms with Crippen molar-refractivity contribution in [3.63, 3.8) is 0 Å². The van der Waals surface area contributed by atoms with Gasteiger partial charge in [0.05, 0.1) is 0 Å². The summed E-state index contributed by atoms with van der Waals surface area (Å²) in [5, 5.41) is 3.55. The maximum Gasteiger partial charge on any atom is 0.0189 e. The molecule has 0 fully saturated rings. The van der Waals surface area contributed by atoms with Crippen molar-refractivity contribution in [3.8, 4) is 0 Å². The third kappa shape index (κ3) is 8.12. The minimum atomic E-state index is 0.649. The molecule has 2 nitrogen and oxygen atoms in total. The topological polar surface area (TPSA) is 15.3 Å². The Morgan fingerprint density at radius 2 is 1.81 bits per heavy atom. The average molecular weight is 228 g/mol. The normalized spacial score (nSPS) is 15.4. The molecule has 16 heavy (non-hydrogen) atoms. The zero-order valence-corrected chi connectivity index (χ0v) is 12.1. The Morgan fingerprint density at radius 1 is 1.12 bits per heavy atom. The van der Waals surface area contributed by atoms with Gasteiger partial charge >= 0.3 is 0 Å². The molecule has 0 amide bonds. The summed E-state index contributed by atoms with van der Waals surface area (Å²) in [6.45, 7) is 12.7. The molecule has 0 aliphatic carbocycles. The van der Waals surface area contributed by atoms with Crippen LogP contribution in [-0.4, -0.2) is 37.6 Å². The van der Waals surface area contributed by atoms with Gasteiger partial charge in [0, 0.05) is 19.1 Å². The summed E-state index contributed by atoms with van der Waals surface area (Å²) < 4.78 is 0. The van der Waals surface area contributed by atoms with E-state index < -0.39 is 0 Å². The number of likely N-dealkylation sites (N-methyl/N-ethyl adjacent to an activating group) is 1. The van der Waals surface area contributed by atoms with Gasteiger partial charge in [0.2, 0.25) is 0 Å². The van der Waals surface area contributed by atoms with Crippen LogP contribution in [0.15, 0.2) is 0 Å². The number of unbranched alkanes of at least 4 members (excludes halogenated alkanes) is 2. The Morgan fingerprint density at radius 3 is 2.38 bits per heavy atom. The highest BCUT2D eigenvalue weighted by molar-refractivity contribution is 4.68. The van der Waals surface area contributed by atoms with Crippen LogP contribution in [0.5, 0.6) is 0 Å². The fraction of sp³-hybridized carbons (Fsp3) is 1.00. The predicted octanol–water partition coefficient (Wildman–Crippen LogP) is 3.13. The highest BCUT2D eigenvalue weighted by Gasteiger charge is 2.10. The van der Waals surface area contributed by atoms with Gasteiger partial charge in [-0.3, -0.25) is 0 Å². The van der Waals surface area contributed by atoms with Gasteiger partial charge in [-0.05, 0) is 32.9 Å². The van der Waals surface area contributed by atoms with Crippen molar-refractivity contribution in [3.05, 3.63) is 0 Å². The molecular formula is C14H32N2. The van der Waals surface area contributed by atoms with Crippen LogP contribution in [0.3, 0.4) is 0 Å². The van der Waals surface area contributed by atoms with Crippen molar-refractivity contribution < 1.29 is 0 Å². The van der Waals surface area contributed by atoms with Gasteiger partial charge in [0.15, 0.2) is 0 Å². The van der Waals surface area contributed by atoms with Crippen molar-refractivity contribution in [2.75, 3.05) is 26.7 Å². The van der Waals surface area contributed by atoms with E-state index in [4.69, 9.17) is 0 Å². The second-order valence-corrected chi connectivity index (χ2v) is 5.21. The Labute approximate surface area is 103 Å². The van der Waals surface area contributed by atoms with E-state index in [0.29, 0.717) is 6.04 Å². The molecule has 0 spiro atoms. The molecule has 0 radical (unpaired) electrons. The molecule has 0 saturated heterocycles. The van der Waals surface area contributed by atoms with Crippen LogP contribution in [-0.2, 0) is 0 Å². The molecule has 0 aliphatic heterocycles. The summed E-state index contributed by atoms with van der Waals surface area (Å²) in [6.07, 6.45) is 5.26. The summed E-state index contributed by atoms with van der Waals surface area (Å²) in [5.74, 6) is 0.813. The van der Waals surface area contributed by atoms with Crippen molar-refractivity contribution in [2.24, 2.45) is 5.92 Å². The molecule has 2 atom stereocenters. The van der Waals surface area contributed by atoms with E-state index in [1.54, 1.807) is 0 Å². The van der Waals surface area contributed by atoms with Crippen molar-refractivity contribution >= 4 is 0 Å². The molecule has 98 valence electrons. The lowest BCUT2D eigenvalue weighted by molar-refractivity contribution is 0.217. The van der Waals surface area contributed by atoms with Gasteiger partial charge in [0.25, 0.3) is 0 Å². The van der Waals surface area contributed by atoms with Gasteiger partial charge in [-0.15, -0.1) is 0 Å². The standard InChI is InChI=1S/C14H32N2/c1-6-8-9-10-15-11-14(4)16(5)12-13(3)7-2/h13-15H,6-12H2,1-5H3. The summed E-state index contributed by atoms with van der Waals surface area (Å²) in [6, 6.07) is 0.649. The highest BCUT2D eigenvalue weighted by Crippen LogP contribution is 2.05. The summed E-state index contributed by atoms with van der Waals surface area (Å²) in [5.41, 5.74) is 0. The van der Waals surface area contributed by atoms with Gasteiger partial charge in [-0.1, -0.05) is 40.0 Å². The lowest BCUT2D eigenvalue weighted by Crippen LogP contribution is -2.40. The molecule has 2 heteroatoms. The van der Waals surface area contributed by atoms with Crippen LogP contribution >= 0.6 is 0 Å². The Balaban J connectivity index is 3.51. The number of hydrogen-bond donors (Lipinski definition) is 1. The molecule has 1 N–H and O–H groups in total. The molecule has 0 bridgehead atoms. The second kappa shape index (κ2) is 10.1. The minimum Gasteiger partial charge on any atom is -0.315 e. The van der Waals surface area contributed by atoms with E-state index in [9.17, 15) is 0 Å². The van der Waals surface area contributed by atoms with Crippen LogP contribution in [0.4, 0.5) is 0 Å². The fourth-order valence-electron chi connectivity index (χ4n) is 1.77. The van der Waals surface area contributed by atoms with E-state index in [-0.39, 0.29) is 0 Å². The first-order chi connectivity index (χ1) is 7.61. The van der Waals surface area contributed by atoms with Crippen LogP contribution in [0.1, 0.15) is 53.4 Å². The molecule has 0 aliphatic rings. The minimum absolute atomic E-state index is 0.649. The highest BCUT2D eigenvalue weighted by atomic mass is 15.1. The molecule has 0 saturated carbocycles. The van der Waals surface area contributed by atoms with Crippen molar-refractivity contribution in [1.82, 2.24) is 10.2 Å². The van der Waals surface area contributed by atoms with Crippen molar-refractivity contribution in [2.45, 2.75) is 59.4 Å². The van der Waals surface area contributed by atoms with Crippen LogP contribution in [0, 0.1) is 5.92 Å². The maximum absolute atomic E-state index is 3.55. The van der Waals surface area contributed by atoms with Gasteiger partial charge in [-0.25, -0.2) is 0 Å². The maximum atomic E-state index is 3.55. The Bertz CT molecular complexity index is 148. The summed E-state index contributed by atoms with van der Waals surface area (Å²) >= 11 is 0. The lowest BCUT2D eigenvalue weighted by Gasteiger charge is -2.27. The Hall–Kier alpha value is -0.0800. The van der Waals surface area contributed by atoms with E-state index in [2.05, 4.69) is 45.0 Å². The summed E-state index contributed by atoms with van der Waals surface area (Å²) in [7, 11) is 2.24. The van der Waals surface area contributed by atoms with Crippen LogP contribution < -0.4 is 5.32 Å². The molecule has 0 rings (SSSR count). The number of hydrogen-bond acceptors (Lipinski definition) is 2. The van der Waals surface area contributed by atoms with E-state index in [1.165, 1.54) is 38.8 Å². The first kappa shape index (κ1) is 15.9. The quantitative estimate of drug-likeness (QED) is 0.578. The number of nitrogens with one attached hydrogen (secondary N) is 1. The van der Waals surface area contributed by atoms with E-state index >= 15 is 0 Å². The zero-order valence-electron chi connectivity index (χ0n) is 12.1. The molecule has 0 aromatic carbocycles.